The van der Waals surface area contributed by atoms with E-state index in [1.807, 2.05) is 13.0 Å². The minimum absolute atomic E-state index is 0.0808. The van der Waals surface area contributed by atoms with E-state index in [-0.39, 0.29) is 11.7 Å². The minimum Gasteiger partial charge on any atom is -0.374 e. The molecule has 1 saturated heterocycles. The normalized spacial score (nSPS) is 17.2. The van der Waals surface area contributed by atoms with E-state index >= 15 is 0 Å². The van der Waals surface area contributed by atoms with Crippen molar-refractivity contribution in [3.8, 4) is 0 Å². The number of nitrogens with one attached hydrogen (secondary N) is 2. The highest BCUT2D eigenvalue weighted by atomic mass is 16.5. The number of morpholine rings is 1. The van der Waals surface area contributed by atoms with Gasteiger partial charge in [-0.3, -0.25) is 4.79 Å². The molecule has 9 nitrogen and oxygen atoms in total. The van der Waals surface area contributed by atoms with Gasteiger partial charge in [-0.2, -0.15) is 10.1 Å². The van der Waals surface area contributed by atoms with E-state index in [1.165, 1.54) is 4.68 Å². The van der Waals surface area contributed by atoms with Crippen LogP contribution in [0.2, 0.25) is 0 Å². The van der Waals surface area contributed by atoms with Crippen LogP contribution in [-0.4, -0.2) is 58.6 Å². The molecule has 2 aromatic heterocycles. The Balaban J connectivity index is 1.51. The Morgan fingerprint density at radius 3 is 3.08 bits per heavy atom. The first kappa shape index (κ1) is 18.1. The number of nitrogens with zero attached hydrogens (tertiary/aromatic N) is 5. The lowest BCUT2D eigenvalue weighted by molar-refractivity contribution is 0.0374. The Bertz CT molecular complexity index is 780. The molecule has 1 aliphatic rings. The number of rotatable bonds is 7. The molecule has 2 aromatic rings. The molecule has 0 aliphatic carbocycles. The molecule has 1 fully saturated rings. The predicted molar refractivity (Wildman–Crippen MR) is 101 cm³/mol. The Morgan fingerprint density at radius 1 is 1.38 bits per heavy atom. The van der Waals surface area contributed by atoms with Gasteiger partial charge in [0.25, 0.3) is 5.56 Å². The number of ether oxygens (including phenoxy) is 1. The lowest BCUT2D eigenvalue weighted by atomic mass is 10.2. The molecule has 0 bridgehead atoms. The Kier molecular flexibility index (Phi) is 6.00. The molecule has 0 amide bonds. The topological polar surface area (TPSA) is 97.2 Å². The monoisotopic (exact) mass is 359 g/mol. The molecule has 0 aromatic carbocycles. The van der Waals surface area contributed by atoms with E-state index in [2.05, 4.69) is 30.6 Å². The number of hydrogen-bond donors (Lipinski definition) is 2. The van der Waals surface area contributed by atoms with Crippen molar-refractivity contribution >= 4 is 17.5 Å². The van der Waals surface area contributed by atoms with Crippen LogP contribution in [0, 0.1) is 0 Å². The quantitative estimate of drug-likeness (QED) is 0.746. The van der Waals surface area contributed by atoms with Gasteiger partial charge < -0.3 is 20.3 Å². The highest BCUT2D eigenvalue weighted by Gasteiger charge is 2.21. The van der Waals surface area contributed by atoms with Gasteiger partial charge in [-0.15, -0.1) is 0 Å². The van der Waals surface area contributed by atoms with Gasteiger partial charge in [-0.1, -0.05) is 0 Å². The fraction of sp³-hybridized carbons (Fsp3) is 0.529. The standard InChI is InChI=1S/C17H25N7O2/c1-3-18-15-5-7-20-17(22-15)19-6-4-14-12-24(8-9-26-14)13-10-16(25)23(2)21-11-13/h5,7,10-11,14H,3-4,6,8-9,12H2,1-2H3,(H2,18,19,20,22). The van der Waals surface area contributed by atoms with Crippen LogP contribution in [0.3, 0.4) is 0 Å². The summed E-state index contributed by atoms with van der Waals surface area (Å²) in [5, 5.41) is 10.5. The summed E-state index contributed by atoms with van der Waals surface area (Å²) in [6.45, 7) is 5.68. The Morgan fingerprint density at radius 2 is 2.27 bits per heavy atom. The van der Waals surface area contributed by atoms with Gasteiger partial charge in [0.15, 0.2) is 0 Å². The maximum absolute atomic E-state index is 11.8. The van der Waals surface area contributed by atoms with E-state index in [9.17, 15) is 4.79 Å². The first-order valence-electron chi connectivity index (χ1n) is 8.86. The molecule has 0 radical (unpaired) electrons. The summed E-state index contributed by atoms with van der Waals surface area (Å²) in [5.74, 6) is 1.41. The summed E-state index contributed by atoms with van der Waals surface area (Å²) < 4.78 is 7.17. The molecule has 1 atom stereocenters. The second kappa shape index (κ2) is 8.61. The minimum atomic E-state index is -0.107. The molecule has 1 aliphatic heterocycles. The van der Waals surface area contributed by atoms with Crippen LogP contribution in [0.15, 0.2) is 29.3 Å². The molecule has 1 unspecified atom stereocenters. The second-order valence-electron chi connectivity index (χ2n) is 6.13. The highest BCUT2D eigenvalue weighted by Crippen LogP contribution is 2.16. The van der Waals surface area contributed by atoms with Gasteiger partial charge in [0.1, 0.15) is 5.82 Å². The molecule has 26 heavy (non-hydrogen) atoms. The molecule has 0 saturated carbocycles. The predicted octanol–water partition coefficient (Wildman–Crippen LogP) is 0.710. The van der Waals surface area contributed by atoms with Crippen molar-refractivity contribution in [2.75, 3.05) is 48.3 Å². The Hall–Kier alpha value is -2.68. The second-order valence-corrected chi connectivity index (χ2v) is 6.13. The molecular formula is C17H25N7O2. The van der Waals surface area contributed by atoms with E-state index in [4.69, 9.17) is 4.74 Å². The van der Waals surface area contributed by atoms with Crippen LogP contribution >= 0.6 is 0 Å². The maximum atomic E-state index is 11.8. The van der Waals surface area contributed by atoms with Crippen molar-refractivity contribution in [2.24, 2.45) is 7.05 Å². The van der Waals surface area contributed by atoms with Crippen LogP contribution < -0.4 is 21.1 Å². The van der Waals surface area contributed by atoms with E-state index < -0.39 is 0 Å². The first-order chi connectivity index (χ1) is 12.7. The van der Waals surface area contributed by atoms with Crippen molar-refractivity contribution in [3.63, 3.8) is 0 Å². The third-order valence-corrected chi connectivity index (χ3v) is 4.22. The molecule has 2 N–H and O–H groups in total. The number of hydrogen-bond acceptors (Lipinski definition) is 8. The molecule has 140 valence electrons. The third kappa shape index (κ3) is 4.69. The van der Waals surface area contributed by atoms with Gasteiger partial charge in [0.2, 0.25) is 5.95 Å². The van der Waals surface area contributed by atoms with Crippen molar-refractivity contribution in [2.45, 2.75) is 19.4 Å². The summed E-state index contributed by atoms with van der Waals surface area (Å²) >= 11 is 0. The molecule has 9 heteroatoms. The molecular weight excluding hydrogens is 334 g/mol. The fourth-order valence-corrected chi connectivity index (χ4v) is 2.83. The summed E-state index contributed by atoms with van der Waals surface area (Å²) in [7, 11) is 1.65. The van der Waals surface area contributed by atoms with Gasteiger partial charge >= 0.3 is 0 Å². The first-order valence-corrected chi connectivity index (χ1v) is 8.86. The average Bonchev–Trinajstić information content (AvgIpc) is 2.65. The van der Waals surface area contributed by atoms with E-state index in [1.54, 1.807) is 25.5 Å². The molecule has 3 rings (SSSR count). The molecule has 3 heterocycles. The lowest BCUT2D eigenvalue weighted by Gasteiger charge is -2.34. The summed E-state index contributed by atoms with van der Waals surface area (Å²) in [6.07, 6.45) is 4.36. The zero-order chi connectivity index (χ0) is 18.4. The Labute approximate surface area is 152 Å². The number of anilines is 3. The largest absolute Gasteiger partial charge is 0.374 e. The van der Waals surface area contributed by atoms with Crippen LogP contribution in [0.25, 0.3) is 0 Å². The fourth-order valence-electron chi connectivity index (χ4n) is 2.83. The summed E-state index contributed by atoms with van der Waals surface area (Å²) in [6, 6.07) is 3.46. The van der Waals surface area contributed by atoms with Gasteiger partial charge in [-0.05, 0) is 19.4 Å². The number of aryl methyl sites for hydroxylation is 1. The number of aromatic nitrogens is 4. The van der Waals surface area contributed by atoms with E-state index in [0.29, 0.717) is 19.1 Å². The van der Waals surface area contributed by atoms with E-state index in [0.717, 1.165) is 37.6 Å². The van der Waals surface area contributed by atoms with Gasteiger partial charge in [0, 0.05) is 45.5 Å². The average molecular weight is 359 g/mol. The summed E-state index contributed by atoms with van der Waals surface area (Å²) in [4.78, 5) is 22.5. The van der Waals surface area contributed by atoms with Gasteiger partial charge in [0.05, 0.1) is 24.6 Å². The lowest BCUT2D eigenvalue weighted by Crippen LogP contribution is -2.43. The zero-order valence-corrected chi connectivity index (χ0v) is 15.2. The smallest absolute Gasteiger partial charge is 0.268 e. The van der Waals surface area contributed by atoms with Crippen LogP contribution in [0.1, 0.15) is 13.3 Å². The van der Waals surface area contributed by atoms with Crippen LogP contribution in [0.5, 0.6) is 0 Å². The summed E-state index contributed by atoms with van der Waals surface area (Å²) in [5.41, 5.74) is 0.737. The van der Waals surface area contributed by atoms with Crippen molar-refractivity contribution < 1.29 is 4.74 Å². The van der Waals surface area contributed by atoms with Crippen molar-refractivity contribution in [1.82, 2.24) is 19.7 Å². The van der Waals surface area contributed by atoms with Gasteiger partial charge in [-0.25, -0.2) is 9.67 Å². The SMILES string of the molecule is CCNc1ccnc(NCCC2CN(c3cnn(C)c(=O)c3)CCO2)n1. The van der Waals surface area contributed by atoms with Crippen molar-refractivity contribution in [1.29, 1.82) is 0 Å². The molecule has 0 spiro atoms. The highest BCUT2D eigenvalue weighted by molar-refractivity contribution is 5.43. The third-order valence-electron chi connectivity index (χ3n) is 4.22. The van der Waals surface area contributed by atoms with Crippen molar-refractivity contribution in [3.05, 3.63) is 34.9 Å². The van der Waals surface area contributed by atoms with Crippen LogP contribution in [0.4, 0.5) is 17.5 Å². The van der Waals surface area contributed by atoms with Crippen LogP contribution in [-0.2, 0) is 11.8 Å². The zero-order valence-electron chi connectivity index (χ0n) is 15.2. The maximum Gasteiger partial charge on any atom is 0.268 e.